The molecule has 0 spiro atoms. The highest BCUT2D eigenvalue weighted by Crippen LogP contribution is 2.33. The number of H-pyrrole nitrogens is 1. The van der Waals surface area contributed by atoms with Crippen LogP contribution in [0.3, 0.4) is 0 Å². The molecular formula is C17H18N6S. The van der Waals surface area contributed by atoms with Crippen molar-refractivity contribution in [3.8, 4) is 11.4 Å². The number of aryl methyl sites for hydroxylation is 1. The van der Waals surface area contributed by atoms with Gasteiger partial charge in [-0.2, -0.15) is 5.21 Å². The van der Waals surface area contributed by atoms with Crippen LogP contribution in [0.25, 0.3) is 32.4 Å². The van der Waals surface area contributed by atoms with Gasteiger partial charge < -0.3 is 4.90 Å². The summed E-state index contributed by atoms with van der Waals surface area (Å²) >= 11 is 1.77. The maximum absolute atomic E-state index is 4.94. The van der Waals surface area contributed by atoms with Crippen LogP contribution in [0, 0.1) is 0 Å². The maximum atomic E-state index is 4.94. The summed E-state index contributed by atoms with van der Waals surface area (Å²) in [6.45, 7) is 1.06. The second-order valence-electron chi connectivity index (χ2n) is 6.10. The quantitative estimate of drug-likeness (QED) is 0.605. The van der Waals surface area contributed by atoms with Crippen LogP contribution in [0.1, 0.15) is 12.1 Å². The first-order valence-corrected chi connectivity index (χ1v) is 8.79. The number of aromatic nitrogens is 5. The molecule has 0 atom stereocenters. The Labute approximate surface area is 143 Å². The fraction of sp³-hybridized carbons (Fsp3) is 0.294. The third kappa shape index (κ3) is 2.76. The summed E-state index contributed by atoms with van der Waals surface area (Å²) < 4.78 is 1.31. The van der Waals surface area contributed by atoms with Crippen molar-refractivity contribution in [3.05, 3.63) is 35.3 Å². The molecule has 7 heteroatoms. The zero-order valence-corrected chi connectivity index (χ0v) is 14.5. The van der Waals surface area contributed by atoms with Crippen LogP contribution in [0.4, 0.5) is 0 Å². The number of aromatic amines is 1. The van der Waals surface area contributed by atoms with E-state index in [1.807, 2.05) is 6.07 Å². The first-order valence-electron chi connectivity index (χ1n) is 7.91. The van der Waals surface area contributed by atoms with Gasteiger partial charge in [-0.25, -0.2) is 0 Å². The van der Waals surface area contributed by atoms with E-state index in [9.17, 15) is 0 Å². The number of thiophene rings is 1. The Balaban J connectivity index is 1.80. The number of nitrogens with zero attached hydrogens (tertiary/aromatic N) is 5. The van der Waals surface area contributed by atoms with Crippen LogP contribution in [-0.4, -0.2) is 51.1 Å². The second-order valence-corrected chi connectivity index (χ2v) is 7.01. The third-order valence-electron chi connectivity index (χ3n) is 4.10. The van der Waals surface area contributed by atoms with Crippen LogP contribution in [0.5, 0.6) is 0 Å². The minimum Gasteiger partial charge on any atom is -0.309 e. The predicted molar refractivity (Wildman–Crippen MR) is 97.2 cm³/mol. The Kier molecular flexibility index (Phi) is 3.95. The lowest BCUT2D eigenvalue weighted by Gasteiger charge is -2.10. The molecule has 24 heavy (non-hydrogen) atoms. The molecule has 0 bridgehead atoms. The van der Waals surface area contributed by atoms with Crippen molar-refractivity contribution in [2.24, 2.45) is 0 Å². The molecule has 0 saturated carbocycles. The largest absolute Gasteiger partial charge is 0.309 e. The Bertz CT molecular complexity index is 974. The third-order valence-corrected chi connectivity index (χ3v) is 5.04. The normalized spacial score (nSPS) is 11.8. The molecule has 122 valence electrons. The molecule has 3 heterocycles. The standard InChI is InChI=1S/C17H18N6S/c1-23(2)8-3-4-14-13-7-9-24-16(13)12-6-5-11(10-15(12)18-14)17-19-21-22-20-17/h5-7,9-10H,3-4,8H2,1-2H3,(H,19,20,21,22). The van der Waals surface area contributed by atoms with Gasteiger partial charge in [0.25, 0.3) is 0 Å². The van der Waals surface area contributed by atoms with Gasteiger partial charge in [0.05, 0.1) is 5.52 Å². The van der Waals surface area contributed by atoms with Crippen LogP contribution in [0.2, 0.25) is 0 Å². The zero-order chi connectivity index (χ0) is 16.5. The van der Waals surface area contributed by atoms with Crippen molar-refractivity contribution in [1.82, 2.24) is 30.5 Å². The van der Waals surface area contributed by atoms with E-state index in [0.29, 0.717) is 5.82 Å². The summed E-state index contributed by atoms with van der Waals surface area (Å²) in [6, 6.07) is 8.37. The number of benzene rings is 1. The first-order chi connectivity index (χ1) is 11.7. The van der Waals surface area contributed by atoms with E-state index in [2.05, 4.69) is 63.2 Å². The number of tetrazole rings is 1. The fourth-order valence-corrected chi connectivity index (χ4v) is 3.90. The summed E-state index contributed by atoms with van der Waals surface area (Å²) in [5.74, 6) is 0.596. The highest BCUT2D eigenvalue weighted by atomic mass is 32.1. The van der Waals surface area contributed by atoms with Gasteiger partial charge in [-0.05, 0) is 56.2 Å². The topological polar surface area (TPSA) is 70.6 Å². The molecule has 0 aliphatic rings. The summed E-state index contributed by atoms with van der Waals surface area (Å²) in [5.41, 5.74) is 3.09. The summed E-state index contributed by atoms with van der Waals surface area (Å²) in [6.07, 6.45) is 2.08. The van der Waals surface area contributed by atoms with Gasteiger partial charge in [-0.15, -0.1) is 21.5 Å². The molecule has 6 nitrogen and oxygen atoms in total. The summed E-state index contributed by atoms with van der Waals surface area (Å²) in [7, 11) is 4.20. The lowest BCUT2D eigenvalue weighted by Crippen LogP contribution is -2.13. The number of pyridine rings is 1. The maximum Gasteiger partial charge on any atom is 0.204 e. The average Bonchev–Trinajstić information content (AvgIpc) is 3.26. The van der Waals surface area contributed by atoms with Crippen LogP contribution < -0.4 is 0 Å². The highest BCUT2D eigenvalue weighted by Gasteiger charge is 2.12. The molecule has 0 aliphatic carbocycles. The number of hydrogen-bond acceptors (Lipinski definition) is 6. The Morgan fingerprint density at radius 3 is 2.88 bits per heavy atom. The SMILES string of the molecule is CN(C)CCCc1nc2cc(-c3nn[nH]n3)ccc2c2sccc12. The van der Waals surface area contributed by atoms with E-state index in [4.69, 9.17) is 4.98 Å². The summed E-state index contributed by atoms with van der Waals surface area (Å²) in [5, 5.41) is 18.9. The van der Waals surface area contributed by atoms with Crippen molar-refractivity contribution in [2.75, 3.05) is 20.6 Å². The zero-order valence-electron chi connectivity index (χ0n) is 13.7. The molecule has 4 aromatic rings. The number of fused-ring (bicyclic) bond motifs is 3. The molecule has 0 aliphatic heterocycles. The van der Waals surface area contributed by atoms with E-state index >= 15 is 0 Å². The van der Waals surface area contributed by atoms with Crippen molar-refractivity contribution in [1.29, 1.82) is 0 Å². The van der Waals surface area contributed by atoms with E-state index in [1.54, 1.807) is 11.3 Å². The number of rotatable bonds is 5. The van der Waals surface area contributed by atoms with Crippen LogP contribution in [-0.2, 0) is 6.42 Å². The van der Waals surface area contributed by atoms with Crippen LogP contribution in [0.15, 0.2) is 29.6 Å². The van der Waals surface area contributed by atoms with Crippen molar-refractivity contribution >= 4 is 32.3 Å². The Hall–Kier alpha value is -2.38. The van der Waals surface area contributed by atoms with Gasteiger partial charge in [0.15, 0.2) is 0 Å². The van der Waals surface area contributed by atoms with Crippen molar-refractivity contribution < 1.29 is 0 Å². The summed E-state index contributed by atoms with van der Waals surface area (Å²) in [4.78, 5) is 7.15. The monoisotopic (exact) mass is 338 g/mol. The molecule has 3 aromatic heterocycles. The van der Waals surface area contributed by atoms with Crippen molar-refractivity contribution in [3.63, 3.8) is 0 Å². The van der Waals surface area contributed by atoms with Crippen molar-refractivity contribution in [2.45, 2.75) is 12.8 Å². The van der Waals surface area contributed by atoms with Gasteiger partial charge in [0.1, 0.15) is 0 Å². The van der Waals surface area contributed by atoms with E-state index in [0.717, 1.165) is 30.5 Å². The van der Waals surface area contributed by atoms with E-state index < -0.39 is 0 Å². The van der Waals surface area contributed by atoms with Gasteiger partial charge in [0.2, 0.25) is 5.82 Å². The molecule has 1 aromatic carbocycles. The molecule has 0 amide bonds. The second kappa shape index (κ2) is 6.26. The lowest BCUT2D eigenvalue weighted by molar-refractivity contribution is 0.400. The lowest BCUT2D eigenvalue weighted by atomic mass is 10.1. The van der Waals surface area contributed by atoms with Gasteiger partial charge in [0, 0.05) is 26.7 Å². The highest BCUT2D eigenvalue weighted by molar-refractivity contribution is 7.18. The molecular weight excluding hydrogens is 320 g/mol. The Morgan fingerprint density at radius 1 is 1.17 bits per heavy atom. The van der Waals surface area contributed by atoms with Gasteiger partial charge >= 0.3 is 0 Å². The smallest absolute Gasteiger partial charge is 0.204 e. The predicted octanol–water partition coefficient (Wildman–Crippen LogP) is 3.12. The average molecular weight is 338 g/mol. The molecule has 0 radical (unpaired) electrons. The first kappa shape index (κ1) is 15.2. The van der Waals surface area contributed by atoms with Gasteiger partial charge in [-0.1, -0.05) is 12.1 Å². The van der Waals surface area contributed by atoms with E-state index in [-0.39, 0.29) is 0 Å². The minimum atomic E-state index is 0.596. The fourth-order valence-electron chi connectivity index (χ4n) is 2.94. The number of nitrogens with one attached hydrogen (secondary N) is 1. The molecule has 0 fully saturated rings. The molecule has 4 rings (SSSR count). The minimum absolute atomic E-state index is 0.596. The molecule has 0 saturated heterocycles. The number of hydrogen-bond donors (Lipinski definition) is 1. The van der Waals surface area contributed by atoms with Crippen LogP contribution >= 0.6 is 11.3 Å². The molecule has 1 N–H and O–H groups in total. The molecule has 0 unspecified atom stereocenters. The van der Waals surface area contributed by atoms with E-state index in [1.165, 1.54) is 21.2 Å². The van der Waals surface area contributed by atoms with Gasteiger partial charge in [-0.3, -0.25) is 4.98 Å². The Morgan fingerprint density at radius 2 is 2.08 bits per heavy atom.